The molecular weight excluding hydrogens is 587 g/mol. The van der Waals surface area contributed by atoms with Crippen molar-refractivity contribution in [1.29, 1.82) is 0 Å². The maximum absolute atomic E-state index is 4.60. The zero-order chi connectivity index (χ0) is 24.9. The summed E-state index contributed by atoms with van der Waals surface area (Å²) < 4.78 is 1.17. The molecule has 0 fully saturated rings. The second kappa shape index (κ2) is 10.7. The first-order valence-corrected chi connectivity index (χ1v) is 17.2. The molecule has 0 aliphatic rings. The molecule has 0 aliphatic heterocycles. The van der Waals surface area contributed by atoms with Gasteiger partial charge in [-0.15, -0.1) is 0 Å². The molecule has 0 amide bonds. The molecule has 0 nitrogen and oxygen atoms in total. The zero-order valence-corrected chi connectivity index (χ0v) is 23.9. The number of halogens is 2. The third-order valence-electron chi connectivity index (χ3n) is 6.72. The van der Waals surface area contributed by atoms with E-state index in [9.17, 15) is 0 Å². The van der Waals surface area contributed by atoms with Crippen molar-refractivity contribution in [3.8, 4) is 0 Å². The van der Waals surface area contributed by atoms with Gasteiger partial charge in [0, 0.05) is 0 Å². The summed E-state index contributed by atoms with van der Waals surface area (Å²) in [4.78, 5) is 0. The quantitative estimate of drug-likeness (QED) is 0.161. The summed E-state index contributed by atoms with van der Waals surface area (Å²) in [7, 11) is 0. The van der Waals surface area contributed by atoms with Crippen molar-refractivity contribution >= 4 is 58.2 Å². The predicted octanol–water partition coefficient (Wildman–Crippen LogP) is 8.68. The third kappa shape index (κ3) is 4.55. The van der Waals surface area contributed by atoms with Crippen LogP contribution in [0.25, 0.3) is 5.57 Å². The SMILES string of the molecule is BrC(CP(Br)(c1ccccc1)(c1ccccc1)c1ccccc1)=C(c1ccccc1)c1ccccc1. The van der Waals surface area contributed by atoms with Gasteiger partial charge in [0.25, 0.3) is 0 Å². The fourth-order valence-electron chi connectivity index (χ4n) is 4.97. The summed E-state index contributed by atoms with van der Waals surface area (Å²) in [6.45, 7) is 0. The van der Waals surface area contributed by atoms with E-state index in [4.69, 9.17) is 0 Å². The van der Waals surface area contributed by atoms with Gasteiger partial charge >= 0.3 is 232 Å². The molecule has 0 atom stereocenters. The van der Waals surface area contributed by atoms with Gasteiger partial charge < -0.3 is 0 Å². The van der Waals surface area contributed by atoms with Crippen LogP contribution in [0.3, 0.4) is 0 Å². The Labute approximate surface area is 230 Å². The van der Waals surface area contributed by atoms with E-state index < -0.39 is 5.31 Å². The Balaban J connectivity index is 1.86. The molecule has 0 spiro atoms. The third-order valence-corrected chi connectivity index (χ3v) is 17.3. The van der Waals surface area contributed by atoms with Crippen molar-refractivity contribution in [2.45, 2.75) is 0 Å². The van der Waals surface area contributed by atoms with Crippen LogP contribution in [-0.4, -0.2) is 6.16 Å². The fraction of sp³-hybridized carbons (Fsp3) is 0.0303. The molecule has 0 heterocycles. The molecule has 36 heavy (non-hydrogen) atoms. The Morgan fingerprint density at radius 1 is 0.444 bits per heavy atom. The van der Waals surface area contributed by atoms with E-state index in [-0.39, 0.29) is 0 Å². The van der Waals surface area contributed by atoms with Gasteiger partial charge in [0.1, 0.15) is 0 Å². The number of benzene rings is 5. The fourth-order valence-corrected chi connectivity index (χ4v) is 15.3. The van der Waals surface area contributed by atoms with Gasteiger partial charge in [-0.05, 0) is 0 Å². The average molecular weight is 614 g/mol. The molecule has 5 aromatic rings. The Bertz CT molecular complexity index is 1310. The van der Waals surface area contributed by atoms with Crippen LogP contribution in [-0.2, 0) is 0 Å². The minimum absolute atomic E-state index is 0.794. The van der Waals surface area contributed by atoms with Gasteiger partial charge in [-0.25, -0.2) is 0 Å². The molecule has 5 rings (SSSR count). The molecule has 0 unspecified atom stereocenters. The summed E-state index contributed by atoms with van der Waals surface area (Å²) >= 11 is 8.76. The molecule has 3 heteroatoms. The van der Waals surface area contributed by atoms with Gasteiger partial charge in [-0.3, -0.25) is 0 Å². The number of rotatable bonds is 7. The van der Waals surface area contributed by atoms with E-state index in [1.807, 2.05) is 0 Å². The first-order valence-electron chi connectivity index (χ1n) is 12.0. The molecule has 0 N–H and O–H groups in total. The molecule has 0 bridgehead atoms. The van der Waals surface area contributed by atoms with Crippen molar-refractivity contribution in [3.05, 3.63) is 167 Å². The molecule has 0 aliphatic carbocycles. The van der Waals surface area contributed by atoms with Crippen LogP contribution in [0.15, 0.2) is 156 Å². The van der Waals surface area contributed by atoms with E-state index in [0.29, 0.717) is 0 Å². The van der Waals surface area contributed by atoms with Crippen molar-refractivity contribution in [2.24, 2.45) is 0 Å². The monoisotopic (exact) mass is 612 g/mol. The van der Waals surface area contributed by atoms with E-state index in [1.54, 1.807) is 0 Å². The van der Waals surface area contributed by atoms with E-state index in [0.717, 1.165) is 6.16 Å². The van der Waals surface area contributed by atoms with Crippen LogP contribution < -0.4 is 15.9 Å². The minimum atomic E-state index is -3.13. The maximum atomic E-state index is 4.60. The van der Waals surface area contributed by atoms with Crippen LogP contribution in [0.5, 0.6) is 0 Å². The molecule has 178 valence electrons. The molecule has 0 saturated carbocycles. The van der Waals surface area contributed by atoms with Gasteiger partial charge in [-0.1, -0.05) is 0 Å². The first kappa shape index (κ1) is 24.9. The first-order chi connectivity index (χ1) is 17.6. The average Bonchev–Trinajstić information content (AvgIpc) is 2.96. The van der Waals surface area contributed by atoms with Crippen molar-refractivity contribution in [2.75, 3.05) is 6.16 Å². The molecule has 0 saturated heterocycles. The van der Waals surface area contributed by atoms with E-state index in [1.165, 1.54) is 37.1 Å². The summed E-state index contributed by atoms with van der Waals surface area (Å²) in [6, 6.07) is 54.2. The van der Waals surface area contributed by atoms with Crippen molar-refractivity contribution in [1.82, 2.24) is 0 Å². The summed E-state index contributed by atoms with van der Waals surface area (Å²) in [6.07, 6.45) is 0.794. The Kier molecular flexibility index (Phi) is 7.39. The van der Waals surface area contributed by atoms with Crippen LogP contribution in [0.2, 0.25) is 0 Å². The van der Waals surface area contributed by atoms with Crippen molar-refractivity contribution in [3.63, 3.8) is 0 Å². The van der Waals surface area contributed by atoms with Gasteiger partial charge in [-0.2, -0.15) is 0 Å². The summed E-state index contributed by atoms with van der Waals surface area (Å²) in [5.74, 6) is 0. The van der Waals surface area contributed by atoms with Gasteiger partial charge in [0.05, 0.1) is 0 Å². The van der Waals surface area contributed by atoms with Crippen LogP contribution in [0.1, 0.15) is 11.1 Å². The molecule has 5 aromatic carbocycles. The van der Waals surface area contributed by atoms with E-state index >= 15 is 0 Å². The second-order valence-electron chi connectivity index (χ2n) is 8.86. The van der Waals surface area contributed by atoms with Crippen LogP contribution in [0.4, 0.5) is 0 Å². The van der Waals surface area contributed by atoms with Gasteiger partial charge in [0.15, 0.2) is 0 Å². The number of hydrogen-bond donors (Lipinski definition) is 0. The standard InChI is InChI=1S/C33H27Br2P/c34-32(33(27-16-6-1-7-17-27)28-18-8-2-9-19-28)26-36(35,29-20-10-3-11-21-29,30-22-12-4-13-23-30)31-24-14-5-15-25-31/h1-25H,26H2. The van der Waals surface area contributed by atoms with E-state index in [2.05, 4.69) is 183 Å². The Morgan fingerprint density at radius 3 is 1.03 bits per heavy atom. The number of hydrogen-bond acceptors (Lipinski definition) is 0. The van der Waals surface area contributed by atoms with Crippen LogP contribution >= 0.6 is 36.7 Å². The topological polar surface area (TPSA) is 0 Å². The summed E-state index contributed by atoms with van der Waals surface area (Å²) in [5.41, 5.74) is 3.61. The summed E-state index contributed by atoms with van der Waals surface area (Å²) in [5, 5.41) is 0.780. The van der Waals surface area contributed by atoms with Gasteiger partial charge in [0.2, 0.25) is 0 Å². The molecular formula is C33H27Br2P. The molecule has 0 aromatic heterocycles. The second-order valence-corrected chi connectivity index (χ2v) is 18.7. The normalized spacial score (nSPS) is 12.3. The number of allylic oxidation sites excluding steroid dienone is 1. The molecule has 0 radical (unpaired) electrons. The van der Waals surface area contributed by atoms with Crippen molar-refractivity contribution < 1.29 is 0 Å². The Morgan fingerprint density at radius 2 is 0.722 bits per heavy atom. The zero-order valence-electron chi connectivity index (χ0n) is 19.8. The predicted molar refractivity (Wildman–Crippen MR) is 167 cm³/mol. The Hall–Kier alpha value is -2.77. The van der Waals surface area contributed by atoms with Crippen LogP contribution in [0, 0.1) is 0 Å².